The van der Waals surface area contributed by atoms with Crippen LogP contribution in [0.4, 0.5) is 11.6 Å². The number of benzene rings is 1. The molecule has 3 aromatic rings. The number of rotatable bonds is 2. The van der Waals surface area contributed by atoms with Gasteiger partial charge in [-0.2, -0.15) is 0 Å². The van der Waals surface area contributed by atoms with Gasteiger partial charge in [0.2, 0.25) is 5.95 Å². The van der Waals surface area contributed by atoms with E-state index in [-0.39, 0.29) is 5.91 Å². The first-order chi connectivity index (χ1) is 10.3. The normalized spacial score (nSPS) is 15.2. The molecule has 4 rings (SSSR count). The first kappa shape index (κ1) is 11.7. The number of aromatic nitrogens is 3. The first-order valence-electron chi connectivity index (χ1n) is 6.49. The van der Waals surface area contributed by atoms with Crippen molar-refractivity contribution in [3.05, 3.63) is 54.5 Å². The number of nitrogens with one attached hydrogen (secondary N) is 3. The molecular weight excluding hydrogens is 266 g/mol. The molecule has 0 unspecified atom stereocenters. The molecule has 1 amide bonds. The average molecular weight is 277 g/mol. The van der Waals surface area contributed by atoms with Crippen LogP contribution in [0, 0.1) is 0 Å². The van der Waals surface area contributed by atoms with Crippen molar-refractivity contribution >= 4 is 34.1 Å². The summed E-state index contributed by atoms with van der Waals surface area (Å²) in [7, 11) is 0. The maximum atomic E-state index is 11.9. The van der Waals surface area contributed by atoms with Crippen LogP contribution >= 0.6 is 0 Å². The predicted molar refractivity (Wildman–Crippen MR) is 80.6 cm³/mol. The Morgan fingerprint density at radius 1 is 1.14 bits per heavy atom. The van der Waals surface area contributed by atoms with Gasteiger partial charge in [0.15, 0.2) is 0 Å². The Labute approximate surface area is 119 Å². The molecule has 3 heterocycles. The van der Waals surface area contributed by atoms with Crippen molar-refractivity contribution in [2.24, 2.45) is 0 Å². The average Bonchev–Trinajstić information content (AvgIpc) is 3.04. The van der Waals surface area contributed by atoms with E-state index in [4.69, 9.17) is 0 Å². The van der Waals surface area contributed by atoms with Crippen molar-refractivity contribution in [1.29, 1.82) is 0 Å². The summed E-state index contributed by atoms with van der Waals surface area (Å²) in [4.78, 5) is 23.7. The number of carbonyl (C=O) groups is 1. The van der Waals surface area contributed by atoms with Crippen molar-refractivity contribution in [3.63, 3.8) is 0 Å². The number of fused-ring (bicyclic) bond motifs is 2. The SMILES string of the molecule is O=C1Nc2cccnc2/C1=C\Nc1nc2ccccc2[nH]1. The van der Waals surface area contributed by atoms with Gasteiger partial charge in [-0.3, -0.25) is 9.78 Å². The van der Waals surface area contributed by atoms with Gasteiger partial charge >= 0.3 is 0 Å². The molecule has 0 atom stereocenters. The van der Waals surface area contributed by atoms with Crippen molar-refractivity contribution in [3.8, 4) is 0 Å². The van der Waals surface area contributed by atoms with Crippen LogP contribution in [0.25, 0.3) is 16.6 Å². The number of anilines is 2. The van der Waals surface area contributed by atoms with Crippen LogP contribution in [0.5, 0.6) is 0 Å². The Morgan fingerprint density at radius 2 is 2.05 bits per heavy atom. The van der Waals surface area contributed by atoms with E-state index in [2.05, 4.69) is 25.6 Å². The number of pyridine rings is 1. The molecule has 0 bridgehead atoms. The summed E-state index contributed by atoms with van der Waals surface area (Å²) in [5.74, 6) is 0.410. The summed E-state index contributed by atoms with van der Waals surface area (Å²) < 4.78 is 0. The monoisotopic (exact) mass is 277 g/mol. The molecule has 3 N–H and O–H groups in total. The number of imidazole rings is 1. The van der Waals surface area contributed by atoms with Gasteiger partial charge in [-0.05, 0) is 24.3 Å². The Bertz CT molecular complexity index is 847. The highest BCUT2D eigenvalue weighted by molar-refractivity contribution is 6.31. The van der Waals surface area contributed by atoms with E-state index in [1.807, 2.05) is 30.3 Å². The Kier molecular flexibility index (Phi) is 2.47. The van der Waals surface area contributed by atoms with Gasteiger partial charge in [-0.25, -0.2) is 4.98 Å². The van der Waals surface area contributed by atoms with Crippen LogP contribution < -0.4 is 10.6 Å². The Balaban J connectivity index is 1.67. The molecule has 0 radical (unpaired) electrons. The zero-order valence-electron chi connectivity index (χ0n) is 10.9. The lowest BCUT2D eigenvalue weighted by molar-refractivity contribution is -0.110. The van der Waals surface area contributed by atoms with Gasteiger partial charge in [0, 0.05) is 12.4 Å². The third-order valence-electron chi connectivity index (χ3n) is 3.30. The summed E-state index contributed by atoms with van der Waals surface area (Å²) in [5, 5.41) is 5.79. The van der Waals surface area contributed by atoms with Crippen molar-refractivity contribution < 1.29 is 4.79 Å². The first-order valence-corrected chi connectivity index (χ1v) is 6.49. The van der Waals surface area contributed by atoms with Gasteiger partial charge in [0.25, 0.3) is 5.91 Å². The number of amides is 1. The molecule has 6 heteroatoms. The summed E-state index contributed by atoms with van der Waals surface area (Å²) in [6.07, 6.45) is 3.28. The smallest absolute Gasteiger partial charge is 0.259 e. The number of para-hydroxylation sites is 2. The fourth-order valence-electron chi connectivity index (χ4n) is 2.31. The predicted octanol–water partition coefficient (Wildman–Crippen LogP) is 2.36. The van der Waals surface area contributed by atoms with Crippen LogP contribution in [-0.2, 0) is 4.79 Å². The lowest BCUT2D eigenvalue weighted by Gasteiger charge is -1.97. The summed E-state index contributed by atoms with van der Waals surface area (Å²) >= 11 is 0. The quantitative estimate of drug-likeness (QED) is 0.628. The van der Waals surface area contributed by atoms with E-state index in [9.17, 15) is 4.79 Å². The molecule has 0 aliphatic carbocycles. The van der Waals surface area contributed by atoms with Crippen LogP contribution in [-0.4, -0.2) is 20.9 Å². The molecule has 1 aliphatic rings. The van der Waals surface area contributed by atoms with Crippen LogP contribution in [0.3, 0.4) is 0 Å². The minimum atomic E-state index is -0.174. The number of nitrogens with zero attached hydrogens (tertiary/aromatic N) is 2. The highest BCUT2D eigenvalue weighted by Gasteiger charge is 2.24. The molecule has 0 fully saturated rings. The van der Waals surface area contributed by atoms with Gasteiger partial charge < -0.3 is 15.6 Å². The molecule has 0 spiro atoms. The maximum Gasteiger partial charge on any atom is 0.259 e. The second-order valence-corrected chi connectivity index (χ2v) is 4.66. The molecule has 1 aromatic carbocycles. The molecule has 0 saturated heterocycles. The maximum absolute atomic E-state index is 11.9. The lowest BCUT2D eigenvalue weighted by atomic mass is 10.2. The summed E-state index contributed by atoms with van der Waals surface area (Å²) in [6.45, 7) is 0. The molecule has 21 heavy (non-hydrogen) atoms. The molecule has 102 valence electrons. The van der Waals surface area contributed by atoms with Gasteiger partial charge in [-0.1, -0.05) is 12.1 Å². The zero-order valence-corrected chi connectivity index (χ0v) is 10.9. The summed E-state index contributed by atoms with van der Waals surface area (Å²) in [5.41, 5.74) is 3.66. The Morgan fingerprint density at radius 3 is 2.95 bits per heavy atom. The molecule has 1 aliphatic heterocycles. The highest BCUT2D eigenvalue weighted by Crippen LogP contribution is 2.29. The largest absolute Gasteiger partial charge is 0.331 e. The number of H-pyrrole nitrogens is 1. The van der Waals surface area contributed by atoms with E-state index in [0.717, 1.165) is 16.7 Å². The molecule has 2 aromatic heterocycles. The van der Waals surface area contributed by atoms with Crippen molar-refractivity contribution in [2.45, 2.75) is 0 Å². The van der Waals surface area contributed by atoms with Gasteiger partial charge in [0.1, 0.15) is 5.69 Å². The minimum Gasteiger partial charge on any atom is -0.331 e. The molecule has 6 nitrogen and oxygen atoms in total. The third kappa shape index (κ3) is 1.93. The fourth-order valence-corrected chi connectivity index (χ4v) is 2.31. The fraction of sp³-hybridized carbons (Fsp3) is 0. The van der Waals surface area contributed by atoms with Crippen LogP contribution in [0.1, 0.15) is 5.69 Å². The van der Waals surface area contributed by atoms with E-state index >= 15 is 0 Å². The summed E-state index contributed by atoms with van der Waals surface area (Å²) in [6, 6.07) is 11.3. The number of hydrogen-bond acceptors (Lipinski definition) is 4. The number of carbonyl (C=O) groups excluding carboxylic acids is 1. The lowest BCUT2D eigenvalue weighted by Crippen LogP contribution is -2.05. The van der Waals surface area contributed by atoms with Crippen LogP contribution in [0.2, 0.25) is 0 Å². The number of aromatic amines is 1. The van der Waals surface area contributed by atoms with E-state index in [1.165, 1.54) is 0 Å². The zero-order chi connectivity index (χ0) is 14.2. The minimum absolute atomic E-state index is 0.174. The van der Waals surface area contributed by atoms with Gasteiger partial charge in [-0.15, -0.1) is 0 Å². The number of hydrogen-bond donors (Lipinski definition) is 3. The topological polar surface area (TPSA) is 82.7 Å². The third-order valence-corrected chi connectivity index (χ3v) is 3.30. The second kappa shape index (κ2) is 4.45. The van der Waals surface area contributed by atoms with Crippen molar-refractivity contribution in [2.75, 3.05) is 10.6 Å². The molecule has 0 saturated carbocycles. The van der Waals surface area contributed by atoms with Crippen LogP contribution in [0.15, 0.2) is 48.8 Å². The van der Waals surface area contributed by atoms with E-state index in [1.54, 1.807) is 18.5 Å². The highest BCUT2D eigenvalue weighted by atomic mass is 16.2. The standard InChI is InChI=1S/C15H11N5O/c21-14-9(13-12(18-14)6-3-7-16-13)8-17-15-19-10-4-1-2-5-11(10)20-15/h1-8H,(H,18,21)(H2,17,19,20)/b9-8+. The van der Waals surface area contributed by atoms with Gasteiger partial charge in [0.05, 0.1) is 22.3 Å². The second-order valence-electron chi connectivity index (χ2n) is 4.66. The van der Waals surface area contributed by atoms with E-state index < -0.39 is 0 Å². The Hall–Kier alpha value is -3.15. The van der Waals surface area contributed by atoms with E-state index in [0.29, 0.717) is 17.2 Å². The molecular formula is C15H11N5O. The van der Waals surface area contributed by atoms with Crippen molar-refractivity contribution in [1.82, 2.24) is 15.0 Å².